The van der Waals surface area contributed by atoms with Crippen molar-refractivity contribution in [1.29, 1.82) is 0 Å². The minimum Gasteiger partial charge on any atom is -0.457 e. The van der Waals surface area contributed by atoms with E-state index in [1.807, 2.05) is 95.7 Å². The van der Waals surface area contributed by atoms with Gasteiger partial charge in [0.05, 0.1) is 23.3 Å². The third kappa shape index (κ3) is 3.20. The number of nitrogens with zero attached hydrogens (tertiary/aromatic N) is 5. The fourth-order valence-corrected chi connectivity index (χ4v) is 4.15. The molecule has 0 aliphatic rings. The zero-order valence-electron chi connectivity index (χ0n) is 17.5. The third-order valence-electron chi connectivity index (χ3n) is 5.56. The maximum atomic E-state index is 7.69. The van der Waals surface area contributed by atoms with Crippen LogP contribution in [0, 0.1) is 6.57 Å². The van der Waals surface area contributed by atoms with Crippen LogP contribution < -0.4 is 4.74 Å². The molecule has 0 unspecified atom stereocenters. The van der Waals surface area contributed by atoms with Crippen molar-refractivity contribution in [3.8, 4) is 23.0 Å². The number of aromatic nitrogens is 4. The molecule has 0 atom stereocenters. The minimum atomic E-state index is 0.587. The van der Waals surface area contributed by atoms with Crippen LogP contribution >= 0.6 is 0 Å². The van der Waals surface area contributed by atoms with Gasteiger partial charge in [-0.2, -0.15) is 5.10 Å². The van der Waals surface area contributed by atoms with Crippen molar-refractivity contribution < 1.29 is 4.74 Å². The van der Waals surface area contributed by atoms with Crippen LogP contribution in [0.3, 0.4) is 0 Å². The molecule has 156 valence electrons. The van der Waals surface area contributed by atoms with Crippen LogP contribution in [0.4, 0.5) is 5.69 Å². The number of rotatable bonds is 4. The van der Waals surface area contributed by atoms with Gasteiger partial charge < -0.3 is 9.30 Å². The lowest BCUT2D eigenvalue weighted by atomic mass is 10.1. The second-order valence-corrected chi connectivity index (χ2v) is 7.54. The van der Waals surface area contributed by atoms with E-state index in [1.54, 1.807) is 17.1 Å². The molecule has 6 nitrogen and oxygen atoms in total. The Morgan fingerprint density at radius 1 is 0.788 bits per heavy atom. The topological polar surface area (TPSA) is 49.2 Å². The molecule has 0 N–H and O–H groups in total. The molecule has 3 aromatic carbocycles. The summed E-state index contributed by atoms with van der Waals surface area (Å²) in [6.45, 7) is 7.69. The molecule has 0 amide bonds. The first-order valence-corrected chi connectivity index (χ1v) is 10.5. The largest absolute Gasteiger partial charge is 0.457 e. The number of pyridine rings is 1. The van der Waals surface area contributed by atoms with Gasteiger partial charge in [-0.25, -0.2) is 14.5 Å². The molecule has 0 aliphatic carbocycles. The molecule has 0 saturated heterocycles. The van der Waals surface area contributed by atoms with Gasteiger partial charge in [0.2, 0.25) is 5.69 Å². The Hall–Kier alpha value is -4.89. The average Bonchev–Trinajstić information content (AvgIpc) is 3.51. The van der Waals surface area contributed by atoms with E-state index in [0.29, 0.717) is 17.2 Å². The maximum Gasteiger partial charge on any atom is 0.211 e. The molecule has 0 aliphatic heterocycles. The Kier molecular flexibility index (Phi) is 4.38. The molecular weight excluding hydrogens is 410 g/mol. The van der Waals surface area contributed by atoms with Crippen molar-refractivity contribution in [2.45, 2.75) is 0 Å². The Morgan fingerprint density at radius 3 is 2.52 bits per heavy atom. The molecule has 0 spiro atoms. The number of fused-ring (bicyclic) bond motifs is 3. The number of hydrogen-bond acceptors (Lipinski definition) is 3. The summed E-state index contributed by atoms with van der Waals surface area (Å²) in [7, 11) is 0. The first kappa shape index (κ1) is 18.8. The van der Waals surface area contributed by atoms with Crippen molar-refractivity contribution >= 4 is 27.5 Å². The summed E-state index contributed by atoms with van der Waals surface area (Å²) < 4.78 is 10.1. The van der Waals surface area contributed by atoms with E-state index in [2.05, 4.69) is 14.9 Å². The van der Waals surface area contributed by atoms with Crippen molar-refractivity contribution in [3.05, 3.63) is 115 Å². The minimum absolute atomic E-state index is 0.587. The van der Waals surface area contributed by atoms with Crippen LogP contribution in [0.5, 0.6) is 11.5 Å². The molecule has 3 heterocycles. The average molecular weight is 427 g/mol. The molecule has 6 aromatic rings. The fourth-order valence-electron chi connectivity index (χ4n) is 4.15. The number of benzene rings is 3. The van der Waals surface area contributed by atoms with Gasteiger partial charge in [0.1, 0.15) is 17.3 Å². The van der Waals surface area contributed by atoms with E-state index in [4.69, 9.17) is 11.3 Å². The monoisotopic (exact) mass is 427 g/mol. The maximum absolute atomic E-state index is 7.69. The zero-order valence-corrected chi connectivity index (χ0v) is 17.5. The molecule has 0 radical (unpaired) electrons. The summed E-state index contributed by atoms with van der Waals surface area (Å²) in [5, 5.41) is 6.34. The Morgan fingerprint density at radius 2 is 1.70 bits per heavy atom. The van der Waals surface area contributed by atoms with Gasteiger partial charge >= 0.3 is 0 Å². The predicted molar refractivity (Wildman–Crippen MR) is 128 cm³/mol. The van der Waals surface area contributed by atoms with E-state index in [1.165, 1.54) is 0 Å². The van der Waals surface area contributed by atoms with Crippen molar-refractivity contribution in [1.82, 2.24) is 19.3 Å². The van der Waals surface area contributed by atoms with E-state index in [9.17, 15) is 0 Å². The van der Waals surface area contributed by atoms with E-state index in [-0.39, 0.29) is 0 Å². The SMILES string of the molecule is [C-]#[N+]c1cccc2c3ccc(Oc4cccc(-n5cccn5)c4)cc3n(-c3ccccn3)c12. The van der Waals surface area contributed by atoms with Crippen molar-refractivity contribution in [2.75, 3.05) is 0 Å². The number of para-hydroxylation sites is 1. The first-order valence-electron chi connectivity index (χ1n) is 10.5. The highest BCUT2D eigenvalue weighted by Gasteiger charge is 2.17. The summed E-state index contributed by atoms with van der Waals surface area (Å²) in [5.41, 5.74) is 3.28. The van der Waals surface area contributed by atoms with Crippen LogP contribution in [0.1, 0.15) is 0 Å². The summed E-state index contributed by atoms with van der Waals surface area (Å²) in [5.74, 6) is 2.17. The summed E-state index contributed by atoms with van der Waals surface area (Å²) in [6.07, 6.45) is 5.40. The van der Waals surface area contributed by atoms with Crippen molar-refractivity contribution in [3.63, 3.8) is 0 Å². The molecule has 0 fully saturated rings. The molecule has 3 aromatic heterocycles. The summed E-state index contributed by atoms with van der Waals surface area (Å²) >= 11 is 0. The Balaban J connectivity index is 1.52. The lowest BCUT2D eigenvalue weighted by Gasteiger charge is -2.10. The second-order valence-electron chi connectivity index (χ2n) is 7.54. The van der Waals surface area contributed by atoms with Crippen LogP contribution in [-0.4, -0.2) is 19.3 Å². The summed E-state index contributed by atoms with van der Waals surface area (Å²) in [4.78, 5) is 8.33. The Bertz CT molecular complexity index is 1640. The van der Waals surface area contributed by atoms with Gasteiger partial charge in [-0.15, -0.1) is 0 Å². The van der Waals surface area contributed by atoms with Crippen LogP contribution in [0.2, 0.25) is 0 Å². The standard InChI is InChI=1S/C27H17N5O/c1-28-24-10-5-9-23-22-13-12-21(18-25(22)32(27(23)24)26-11-2-3-14-29-26)33-20-8-4-7-19(17-20)31-16-6-15-30-31/h2-18H. The van der Waals surface area contributed by atoms with Gasteiger partial charge in [-0.1, -0.05) is 30.3 Å². The third-order valence-corrected chi connectivity index (χ3v) is 5.56. The smallest absolute Gasteiger partial charge is 0.211 e. The highest BCUT2D eigenvalue weighted by molar-refractivity contribution is 6.13. The first-order chi connectivity index (χ1) is 16.3. The quantitative estimate of drug-likeness (QED) is 0.294. The second kappa shape index (κ2) is 7.66. The lowest BCUT2D eigenvalue weighted by molar-refractivity contribution is 0.483. The van der Waals surface area contributed by atoms with Gasteiger partial charge in [-0.3, -0.25) is 0 Å². The highest BCUT2D eigenvalue weighted by Crippen LogP contribution is 2.39. The van der Waals surface area contributed by atoms with E-state index >= 15 is 0 Å². The molecule has 0 saturated carbocycles. The fraction of sp³-hybridized carbons (Fsp3) is 0. The molecule has 0 bridgehead atoms. The zero-order chi connectivity index (χ0) is 22.2. The van der Waals surface area contributed by atoms with Crippen LogP contribution in [-0.2, 0) is 0 Å². The van der Waals surface area contributed by atoms with Crippen LogP contribution in [0.25, 0.3) is 38.2 Å². The summed E-state index contributed by atoms with van der Waals surface area (Å²) in [6, 6.07) is 27.2. The normalized spacial score (nSPS) is 11.0. The van der Waals surface area contributed by atoms with Crippen molar-refractivity contribution in [2.24, 2.45) is 0 Å². The van der Waals surface area contributed by atoms with Gasteiger partial charge in [0, 0.05) is 36.1 Å². The number of hydrogen-bond donors (Lipinski definition) is 0. The van der Waals surface area contributed by atoms with E-state index in [0.717, 1.165) is 33.3 Å². The van der Waals surface area contributed by atoms with E-state index < -0.39 is 0 Å². The molecule has 6 heteroatoms. The van der Waals surface area contributed by atoms with Gasteiger partial charge in [0.25, 0.3) is 0 Å². The van der Waals surface area contributed by atoms with Gasteiger partial charge in [-0.05, 0) is 47.9 Å². The molecular formula is C27H17N5O. The number of ether oxygens (including phenoxy) is 1. The molecule has 6 rings (SSSR count). The lowest BCUT2D eigenvalue weighted by Crippen LogP contribution is -1.97. The highest BCUT2D eigenvalue weighted by atomic mass is 16.5. The predicted octanol–water partition coefficient (Wildman–Crippen LogP) is 6.71. The Labute approximate surface area is 189 Å². The van der Waals surface area contributed by atoms with Gasteiger partial charge in [0.15, 0.2) is 0 Å². The van der Waals surface area contributed by atoms with Crippen LogP contribution in [0.15, 0.2) is 104 Å². The molecule has 33 heavy (non-hydrogen) atoms.